The third-order valence-corrected chi connectivity index (χ3v) is 3.66. The Morgan fingerprint density at radius 2 is 1.80 bits per heavy atom. The summed E-state index contributed by atoms with van der Waals surface area (Å²) in [6.45, 7) is 6.62. The van der Waals surface area contributed by atoms with Crippen molar-refractivity contribution in [2.75, 3.05) is 12.3 Å². The van der Waals surface area contributed by atoms with Gasteiger partial charge in [-0.2, -0.15) is 0 Å². The van der Waals surface area contributed by atoms with Crippen LogP contribution in [0.5, 0.6) is 0 Å². The molecule has 0 spiro atoms. The van der Waals surface area contributed by atoms with Crippen LogP contribution in [0.3, 0.4) is 0 Å². The van der Waals surface area contributed by atoms with Crippen LogP contribution in [0.1, 0.15) is 40.0 Å². The molecule has 4 nitrogen and oxygen atoms in total. The summed E-state index contributed by atoms with van der Waals surface area (Å²) in [5.74, 6) is 0.693. The van der Waals surface area contributed by atoms with E-state index in [1.165, 1.54) is 0 Å². The molecule has 1 unspecified atom stereocenters. The molecule has 0 aliphatic heterocycles. The van der Waals surface area contributed by atoms with Crippen LogP contribution in [-0.4, -0.2) is 26.8 Å². The van der Waals surface area contributed by atoms with Crippen molar-refractivity contribution in [1.29, 1.82) is 0 Å². The summed E-state index contributed by atoms with van der Waals surface area (Å²) in [5.41, 5.74) is 5.31. The normalized spacial score (nSPS) is 14.5. The molecular weight excluding hydrogens is 212 g/mol. The van der Waals surface area contributed by atoms with Crippen molar-refractivity contribution in [2.45, 2.75) is 46.1 Å². The molecule has 0 aromatic heterocycles. The van der Waals surface area contributed by atoms with Crippen LogP contribution < -0.4 is 10.5 Å². The van der Waals surface area contributed by atoms with Gasteiger partial charge in [0.1, 0.15) is 0 Å². The third-order valence-electron chi connectivity index (χ3n) is 2.07. The van der Waals surface area contributed by atoms with Crippen molar-refractivity contribution in [1.82, 2.24) is 4.72 Å². The van der Waals surface area contributed by atoms with Gasteiger partial charge in [-0.05, 0) is 38.6 Å². The molecule has 0 aliphatic carbocycles. The standard InChI is InChI=1S/C10H24N2O2S/c1-9(2)8-10(3)12-15(13,14)7-5-4-6-11/h9-10,12H,4-8,11H2,1-3H3. The summed E-state index contributed by atoms with van der Waals surface area (Å²) in [6, 6.07) is 0.0212. The van der Waals surface area contributed by atoms with E-state index < -0.39 is 10.0 Å². The van der Waals surface area contributed by atoms with E-state index in [1.807, 2.05) is 6.92 Å². The molecule has 15 heavy (non-hydrogen) atoms. The molecule has 3 N–H and O–H groups in total. The molecular formula is C10H24N2O2S. The Morgan fingerprint density at radius 3 is 2.27 bits per heavy atom. The Morgan fingerprint density at radius 1 is 1.20 bits per heavy atom. The van der Waals surface area contributed by atoms with E-state index in [9.17, 15) is 8.42 Å². The van der Waals surface area contributed by atoms with Gasteiger partial charge in [0, 0.05) is 6.04 Å². The van der Waals surface area contributed by atoms with Gasteiger partial charge in [-0.25, -0.2) is 13.1 Å². The molecule has 0 bridgehead atoms. The summed E-state index contributed by atoms with van der Waals surface area (Å²) < 4.78 is 25.8. The minimum absolute atomic E-state index is 0.0212. The SMILES string of the molecule is CC(C)CC(C)NS(=O)(=O)CCCCN. The van der Waals surface area contributed by atoms with Crippen molar-refractivity contribution >= 4 is 10.0 Å². The fraction of sp³-hybridized carbons (Fsp3) is 1.00. The van der Waals surface area contributed by atoms with Crippen molar-refractivity contribution in [2.24, 2.45) is 11.7 Å². The van der Waals surface area contributed by atoms with Crippen LogP contribution in [0.15, 0.2) is 0 Å². The molecule has 1 atom stereocenters. The predicted molar refractivity (Wildman–Crippen MR) is 64.1 cm³/mol. The third kappa shape index (κ3) is 8.84. The maximum Gasteiger partial charge on any atom is 0.211 e. The maximum absolute atomic E-state index is 11.5. The van der Waals surface area contributed by atoms with Gasteiger partial charge in [0.25, 0.3) is 0 Å². The molecule has 0 saturated heterocycles. The summed E-state index contributed by atoms with van der Waals surface area (Å²) in [6.07, 6.45) is 2.27. The molecule has 0 aromatic rings. The molecule has 0 radical (unpaired) electrons. The predicted octanol–water partition coefficient (Wildman–Crippen LogP) is 1.08. The first-order valence-corrected chi connectivity index (χ1v) is 7.22. The highest BCUT2D eigenvalue weighted by Gasteiger charge is 2.14. The van der Waals surface area contributed by atoms with Gasteiger partial charge in [0.15, 0.2) is 0 Å². The van der Waals surface area contributed by atoms with Crippen LogP contribution in [0.4, 0.5) is 0 Å². The first kappa shape index (κ1) is 14.9. The lowest BCUT2D eigenvalue weighted by Gasteiger charge is -2.15. The first-order valence-electron chi connectivity index (χ1n) is 5.57. The molecule has 0 heterocycles. The number of hydrogen-bond acceptors (Lipinski definition) is 3. The largest absolute Gasteiger partial charge is 0.330 e. The number of unbranched alkanes of at least 4 members (excludes halogenated alkanes) is 1. The van der Waals surface area contributed by atoms with E-state index in [4.69, 9.17) is 5.73 Å². The summed E-state index contributed by atoms with van der Waals surface area (Å²) in [7, 11) is -3.10. The Bertz CT molecular complexity index is 250. The Balaban J connectivity index is 3.91. The van der Waals surface area contributed by atoms with Gasteiger partial charge in [0.05, 0.1) is 5.75 Å². The van der Waals surface area contributed by atoms with Gasteiger partial charge in [-0.15, -0.1) is 0 Å². The van der Waals surface area contributed by atoms with Gasteiger partial charge >= 0.3 is 0 Å². The first-order chi connectivity index (χ1) is 6.87. The molecule has 0 aromatic carbocycles. The van der Waals surface area contributed by atoms with Crippen molar-refractivity contribution in [3.05, 3.63) is 0 Å². The molecule has 0 saturated carbocycles. The number of rotatable bonds is 8. The quantitative estimate of drug-likeness (QED) is 0.619. The maximum atomic E-state index is 11.5. The number of nitrogens with one attached hydrogen (secondary N) is 1. The van der Waals surface area contributed by atoms with E-state index in [0.29, 0.717) is 18.9 Å². The van der Waals surface area contributed by atoms with E-state index in [2.05, 4.69) is 18.6 Å². The lowest BCUT2D eigenvalue weighted by molar-refractivity contribution is 0.482. The summed E-state index contributed by atoms with van der Waals surface area (Å²) in [4.78, 5) is 0. The van der Waals surface area contributed by atoms with Gasteiger partial charge in [-0.3, -0.25) is 0 Å². The minimum Gasteiger partial charge on any atom is -0.330 e. The van der Waals surface area contributed by atoms with Crippen molar-refractivity contribution in [3.8, 4) is 0 Å². The average Bonchev–Trinajstić information content (AvgIpc) is 2.00. The average molecular weight is 236 g/mol. The van der Waals surface area contributed by atoms with E-state index >= 15 is 0 Å². The van der Waals surface area contributed by atoms with E-state index in [-0.39, 0.29) is 11.8 Å². The highest BCUT2D eigenvalue weighted by molar-refractivity contribution is 7.89. The molecule has 0 amide bonds. The molecule has 5 heteroatoms. The Hall–Kier alpha value is -0.130. The second-order valence-electron chi connectivity index (χ2n) is 4.46. The number of sulfonamides is 1. The lowest BCUT2D eigenvalue weighted by Crippen LogP contribution is -2.35. The lowest BCUT2D eigenvalue weighted by atomic mass is 10.1. The number of hydrogen-bond donors (Lipinski definition) is 2. The monoisotopic (exact) mass is 236 g/mol. The van der Waals surface area contributed by atoms with Crippen molar-refractivity contribution < 1.29 is 8.42 Å². The van der Waals surface area contributed by atoms with Crippen LogP contribution in [-0.2, 0) is 10.0 Å². The molecule has 92 valence electrons. The van der Waals surface area contributed by atoms with Crippen LogP contribution in [0, 0.1) is 5.92 Å². The highest BCUT2D eigenvalue weighted by Crippen LogP contribution is 2.05. The summed E-state index contributed by atoms with van der Waals surface area (Å²) in [5, 5.41) is 0. The van der Waals surface area contributed by atoms with Gasteiger partial charge < -0.3 is 5.73 Å². The second-order valence-corrected chi connectivity index (χ2v) is 6.34. The Labute approximate surface area is 93.7 Å². The fourth-order valence-electron chi connectivity index (χ4n) is 1.56. The summed E-state index contributed by atoms with van der Waals surface area (Å²) >= 11 is 0. The Kier molecular flexibility index (Phi) is 7.13. The zero-order chi connectivity index (χ0) is 11.9. The smallest absolute Gasteiger partial charge is 0.211 e. The minimum atomic E-state index is -3.10. The fourth-order valence-corrected chi connectivity index (χ4v) is 2.97. The van der Waals surface area contributed by atoms with Gasteiger partial charge in [-0.1, -0.05) is 13.8 Å². The zero-order valence-electron chi connectivity index (χ0n) is 9.99. The highest BCUT2D eigenvalue weighted by atomic mass is 32.2. The second kappa shape index (κ2) is 7.19. The molecule has 0 fully saturated rings. The molecule has 0 aliphatic rings. The van der Waals surface area contributed by atoms with E-state index in [0.717, 1.165) is 12.8 Å². The van der Waals surface area contributed by atoms with Crippen LogP contribution in [0.25, 0.3) is 0 Å². The zero-order valence-corrected chi connectivity index (χ0v) is 10.8. The molecule has 0 rings (SSSR count). The number of nitrogens with two attached hydrogens (primary N) is 1. The van der Waals surface area contributed by atoms with Crippen molar-refractivity contribution in [3.63, 3.8) is 0 Å². The van der Waals surface area contributed by atoms with E-state index in [1.54, 1.807) is 0 Å². The van der Waals surface area contributed by atoms with Crippen LogP contribution in [0.2, 0.25) is 0 Å². The topological polar surface area (TPSA) is 72.2 Å². The van der Waals surface area contributed by atoms with Gasteiger partial charge in [0.2, 0.25) is 10.0 Å². The van der Waals surface area contributed by atoms with Crippen LogP contribution >= 0.6 is 0 Å².